The second-order valence-electron chi connectivity index (χ2n) is 5.14. The van der Waals surface area contributed by atoms with E-state index in [1.165, 1.54) is 23.1 Å². The Morgan fingerprint density at radius 3 is 2.77 bits per heavy atom. The number of nitrogens with zero attached hydrogens (tertiary/aromatic N) is 3. The van der Waals surface area contributed by atoms with Gasteiger partial charge in [-0.25, -0.2) is 4.98 Å². The lowest BCUT2D eigenvalue weighted by Gasteiger charge is -2.11. The predicted molar refractivity (Wildman–Crippen MR) is 106 cm³/mol. The summed E-state index contributed by atoms with van der Waals surface area (Å²) >= 11 is 2.74. The summed E-state index contributed by atoms with van der Waals surface area (Å²) in [4.78, 5) is 23.6. The van der Waals surface area contributed by atoms with Gasteiger partial charge in [-0.15, -0.1) is 17.9 Å². The van der Waals surface area contributed by atoms with Crippen molar-refractivity contribution in [2.24, 2.45) is 4.99 Å². The highest BCUT2D eigenvalue weighted by atomic mass is 32.2. The highest BCUT2D eigenvalue weighted by Gasteiger charge is 2.32. The molecule has 0 aliphatic carbocycles. The number of amidine groups is 1. The predicted octanol–water partition coefficient (Wildman–Crippen LogP) is 3.95. The molecule has 26 heavy (non-hydrogen) atoms. The minimum Gasteiger partial charge on any atom is -0.493 e. The van der Waals surface area contributed by atoms with E-state index in [0.29, 0.717) is 33.2 Å². The third-order valence-corrected chi connectivity index (χ3v) is 5.19. The van der Waals surface area contributed by atoms with Gasteiger partial charge in [0, 0.05) is 18.1 Å². The SMILES string of the molecule is C=CCN1C(=O)C(=Cc2ccc(OC)c(OC)c2)SC1=Nc1nccs1. The Balaban J connectivity index is 1.94. The van der Waals surface area contributed by atoms with Crippen molar-refractivity contribution in [3.63, 3.8) is 0 Å². The molecule has 2 aromatic rings. The van der Waals surface area contributed by atoms with Gasteiger partial charge >= 0.3 is 0 Å². The molecule has 3 rings (SSSR count). The lowest BCUT2D eigenvalue weighted by atomic mass is 10.2. The zero-order valence-electron chi connectivity index (χ0n) is 14.3. The molecule has 6 nitrogen and oxygen atoms in total. The van der Waals surface area contributed by atoms with Crippen LogP contribution in [0, 0.1) is 0 Å². The number of carbonyl (C=O) groups is 1. The number of rotatable bonds is 6. The summed E-state index contributed by atoms with van der Waals surface area (Å²) in [6.45, 7) is 4.11. The van der Waals surface area contributed by atoms with Crippen LogP contribution in [-0.2, 0) is 4.79 Å². The first kappa shape index (κ1) is 18.2. The van der Waals surface area contributed by atoms with Crippen LogP contribution in [0.5, 0.6) is 11.5 Å². The number of hydrogen-bond acceptors (Lipinski definition) is 7. The molecule has 0 bridgehead atoms. The smallest absolute Gasteiger partial charge is 0.267 e. The number of aromatic nitrogens is 1. The first-order chi connectivity index (χ1) is 12.7. The van der Waals surface area contributed by atoms with E-state index in [-0.39, 0.29) is 5.91 Å². The standard InChI is InChI=1S/C18H17N3O3S2/c1-4-8-21-16(22)15(26-18(21)20-17-19-7-9-25-17)11-12-5-6-13(23-2)14(10-12)24-3/h4-7,9-11H,1,8H2,2-3H3. The van der Waals surface area contributed by atoms with Gasteiger partial charge in [0.05, 0.1) is 19.1 Å². The maximum Gasteiger partial charge on any atom is 0.267 e. The number of ether oxygens (including phenoxy) is 2. The molecule has 1 fully saturated rings. The molecular formula is C18H17N3O3S2. The Hall–Kier alpha value is -2.58. The minimum atomic E-state index is -0.111. The molecule has 134 valence electrons. The average molecular weight is 387 g/mol. The summed E-state index contributed by atoms with van der Waals surface area (Å²) in [5.74, 6) is 1.14. The van der Waals surface area contributed by atoms with Gasteiger partial charge in [-0.05, 0) is 35.5 Å². The van der Waals surface area contributed by atoms with Gasteiger partial charge in [0.15, 0.2) is 16.7 Å². The molecule has 0 saturated carbocycles. The van der Waals surface area contributed by atoms with Crippen LogP contribution in [0.25, 0.3) is 6.08 Å². The fourth-order valence-corrected chi connectivity index (χ4v) is 3.88. The van der Waals surface area contributed by atoms with E-state index in [0.717, 1.165) is 5.56 Å². The van der Waals surface area contributed by atoms with Crippen LogP contribution in [0.15, 0.2) is 52.3 Å². The van der Waals surface area contributed by atoms with E-state index >= 15 is 0 Å². The summed E-state index contributed by atoms with van der Waals surface area (Å²) in [5, 5.41) is 3.05. The Morgan fingerprint density at radius 1 is 1.31 bits per heavy atom. The molecule has 8 heteroatoms. The lowest BCUT2D eigenvalue weighted by molar-refractivity contribution is -0.121. The Kier molecular flexibility index (Phi) is 5.75. The molecule has 0 N–H and O–H groups in total. The van der Waals surface area contributed by atoms with Gasteiger partial charge in [-0.3, -0.25) is 9.69 Å². The zero-order valence-corrected chi connectivity index (χ0v) is 16.0. The first-order valence-corrected chi connectivity index (χ1v) is 9.38. The topological polar surface area (TPSA) is 64.0 Å². The van der Waals surface area contributed by atoms with E-state index in [1.807, 2.05) is 23.6 Å². The van der Waals surface area contributed by atoms with Gasteiger partial charge in [-0.1, -0.05) is 12.1 Å². The normalized spacial score (nSPS) is 17.2. The number of hydrogen-bond donors (Lipinski definition) is 0. The molecule has 1 aromatic carbocycles. The van der Waals surface area contributed by atoms with Gasteiger partial charge < -0.3 is 9.47 Å². The monoisotopic (exact) mass is 387 g/mol. The fourth-order valence-electron chi connectivity index (χ4n) is 2.33. The summed E-state index contributed by atoms with van der Waals surface area (Å²) in [7, 11) is 3.16. The maximum absolute atomic E-state index is 12.8. The van der Waals surface area contributed by atoms with E-state index in [9.17, 15) is 4.79 Å². The molecular weight excluding hydrogens is 370 g/mol. The fraction of sp³-hybridized carbons (Fsp3) is 0.167. The summed E-state index contributed by atoms with van der Waals surface area (Å²) in [5.41, 5.74) is 0.840. The van der Waals surface area contributed by atoms with Crippen LogP contribution in [-0.4, -0.2) is 41.7 Å². The van der Waals surface area contributed by atoms with Crippen LogP contribution in [0.2, 0.25) is 0 Å². The summed E-state index contributed by atoms with van der Waals surface area (Å²) in [6, 6.07) is 5.50. The van der Waals surface area contributed by atoms with Crippen LogP contribution in [0.1, 0.15) is 5.56 Å². The number of amides is 1. The van der Waals surface area contributed by atoms with Gasteiger partial charge in [0.25, 0.3) is 5.91 Å². The van der Waals surface area contributed by atoms with Gasteiger partial charge in [0.1, 0.15) is 0 Å². The van der Waals surface area contributed by atoms with Crippen LogP contribution in [0.4, 0.5) is 5.13 Å². The zero-order chi connectivity index (χ0) is 18.5. The number of thioether (sulfide) groups is 1. The number of thiazole rings is 1. The number of benzene rings is 1. The van der Waals surface area contributed by atoms with E-state index in [4.69, 9.17) is 9.47 Å². The second-order valence-corrected chi connectivity index (χ2v) is 7.02. The van der Waals surface area contributed by atoms with Gasteiger partial charge in [-0.2, -0.15) is 4.99 Å². The third kappa shape index (κ3) is 3.81. The molecule has 1 aliphatic heterocycles. The van der Waals surface area contributed by atoms with Crippen LogP contribution < -0.4 is 9.47 Å². The third-order valence-electron chi connectivity index (χ3n) is 3.52. The summed E-state index contributed by atoms with van der Waals surface area (Å²) < 4.78 is 10.6. The molecule has 0 atom stereocenters. The van der Waals surface area contributed by atoms with Crippen molar-refractivity contribution in [1.29, 1.82) is 0 Å². The number of carbonyl (C=O) groups excluding carboxylic acids is 1. The van der Waals surface area contributed by atoms with Crippen molar-refractivity contribution < 1.29 is 14.3 Å². The number of methoxy groups -OCH3 is 2. The molecule has 1 aliphatic rings. The molecule has 0 unspecified atom stereocenters. The van der Waals surface area contributed by atoms with E-state index in [2.05, 4.69) is 16.6 Å². The van der Waals surface area contributed by atoms with Crippen LogP contribution in [0.3, 0.4) is 0 Å². The highest BCUT2D eigenvalue weighted by molar-refractivity contribution is 8.18. The number of aliphatic imine (C=N–C) groups is 1. The van der Waals surface area contributed by atoms with Crippen molar-refractivity contribution in [2.45, 2.75) is 0 Å². The van der Waals surface area contributed by atoms with Crippen molar-refractivity contribution in [3.05, 3.63) is 52.9 Å². The first-order valence-electron chi connectivity index (χ1n) is 7.68. The Labute approximate surface area is 159 Å². The molecule has 0 spiro atoms. The van der Waals surface area contributed by atoms with Crippen LogP contribution >= 0.6 is 23.1 Å². The molecule has 0 radical (unpaired) electrons. The quantitative estimate of drug-likeness (QED) is 0.555. The van der Waals surface area contributed by atoms with E-state index in [1.54, 1.807) is 37.5 Å². The second kappa shape index (κ2) is 8.20. The summed E-state index contributed by atoms with van der Waals surface area (Å²) in [6.07, 6.45) is 5.17. The van der Waals surface area contributed by atoms with Crippen molar-refractivity contribution in [3.8, 4) is 11.5 Å². The minimum absolute atomic E-state index is 0.111. The molecule has 1 saturated heterocycles. The molecule has 1 amide bonds. The van der Waals surface area contributed by atoms with Gasteiger partial charge in [0.2, 0.25) is 5.13 Å². The Morgan fingerprint density at radius 2 is 2.12 bits per heavy atom. The van der Waals surface area contributed by atoms with Crippen molar-refractivity contribution in [2.75, 3.05) is 20.8 Å². The molecule has 2 heterocycles. The average Bonchev–Trinajstić information content (AvgIpc) is 3.26. The highest BCUT2D eigenvalue weighted by Crippen LogP contribution is 2.35. The van der Waals surface area contributed by atoms with E-state index < -0.39 is 0 Å². The lowest BCUT2D eigenvalue weighted by Crippen LogP contribution is -2.29. The van der Waals surface area contributed by atoms with Crippen molar-refractivity contribution >= 4 is 45.4 Å². The largest absolute Gasteiger partial charge is 0.493 e. The maximum atomic E-state index is 12.8. The Bertz CT molecular complexity index is 876. The molecule has 1 aromatic heterocycles. The van der Waals surface area contributed by atoms with Crippen molar-refractivity contribution in [1.82, 2.24) is 9.88 Å².